The average Bonchev–Trinajstić information content (AvgIpc) is 2.11. The maximum atomic E-state index is 5.87. The first kappa shape index (κ1) is 11.8. The van der Waals surface area contributed by atoms with Crippen LogP contribution in [-0.4, -0.2) is 20.0 Å². The van der Waals surface area contributed by atoms with Gasteiger partial charge in [0.05, 0.1) is 6.10 Å². The van der Waals surface area contributed by atoms with Gasteiger partial charge in [-0.05, 0) is 29.7 Å². The summed E-state index contributed by atoms with van der Waals surface area (Å²) in [5, 5.41) is 0. The van der Waals surface area contributed by atoms with Crippen LogP contribution in [0.3, 0.4) is 0 Å². The molecule has 1 heterocycles. The Hall–Kier alpha value is -0.235. The fourth-order valence-corrected chi connectivity index (χ4v) is 1.95. The highest BCUT2D eigenvalue weighted by Crippen LogP contribution is 2.39. The Morgan fingerprint density at radius 2 is 2.14 bits per heavy atom. The minimum Gasteiger partial charge on any atom is -0.380 e. The molecule has 0 aromatic heterocycles. The number of hydrogen-bond donors (Lipinski definition) is 0. The molecule has 0 N–H and O–H groups in total. The number of hydrogen-bond acceptors (Lipinski definition) is 1. The third kappa shape index (κ3) is 2.22. The molecule has 14 heavy (non-hydrogen) atoms. The zero-order valence-corrected chi connectivity index (χ0v) is 9.84. The van der Waals surface area contributed by atoms with Crippen LogP contribution in [0.4, 0.5) is 0 Å². The first-order valence-electron chi connectivity index (χ1n) is 5.48. The van der Waals surface area contributed by atoms with E-state index in [1.807, 2.05) is 0 Å². The molecular weight excluding hydrogens is 171 g/mol. The van der Waals surface area contributed by atoms with Crippen molar-refractivity contribution >= 4 is 7.85 Å². The molecule has 1 saturated heterocycles. The van der Waals surface area contributed by atoms with Crippen molar-refractivity contribution in [2.24, 2.45) is 11.3 Å². The van der Waals surface area contributed by atoms with Gasteiger partial charge in [0.25, 0.3) is 0 Å². The lowest BCUT2D eigenvalue weighted by Crippen LogP contribution is -2.42. The Bertz CT molecular complexity index is 222. The first-order valence-corrected chi connectivity index (χ1v) is 5.48. The Kier molecular flexibility index (Phi) is 3.46. The van der Waals surface area contributed by atoms with Crippen LogP contribution in [0.25, 0.3) is 0 Å². The molecular formula is C12H21BO. The van der Waals surface area contributed by atoms with Gasteiger partial charge in [-0.25, -0.2) is 0 Å². The molecule has 2 heteroatoms. The van der Waals surface area contributed by atoms with Crippen molar-refractivity contribution in [3.05, 3.63) is 12.2 Å². The standard InChI is InChI=1S/C12H21BO/c1-6-12(4,5)11-9(3)8(2)7-10(13)14-11/h8,10-11H,3,6-7H2,1-2,4-5H3/t8-,10-,11?/m1/s1. The van der Waals surface area contributed by atoms with E-state index in [0.717, 1.165) is 12.8 Å². The van der Waals surface area contributed by atoms with Crippen molar-refractivity contribution in [1.82, 2.24) is 0 Å². The highest BCUT2D eigenvalue weighted by Gasteiger charge is 2.37. The van der Waals surface area contributed by atoms with Gasteiger partial charge in [0.2, 0.25) is 0 Å². The Morgan fingerprint density at radius 1 is 1.57 bits per heavy atom. The van der Waals surface area contributed by atoms with Crippen LogP contribution in [0.1, 0.15) is 40.5 Å². The molecule has 2 radical (unpaired) electrons. The lowest BCUT2D eigenvalue weighted by atomic mass is 9.72. The zero-order valence-electron chi connectivity index (χ0n) is 9.84. The molecule has 0 amide bonds. The summed E-state index contributed by atoms with van der Waals surface area (Å²) in [6, 6.07) is -0.119. The van der Waals surface area contributed by atoms with Gasteiger partial charge < -0.3 is 4.74 Å². The zero-order chi connectivity index (χ0) is 10.9. The molecule has 1 fully saturated rings. The second-order valence-corrected chi connectivity index (χ2v) is 5.11. The van der Waals surface area contributed by atoms with Gasteiger partial charge in [-0.15, -0.1) is 0 Å². The van der Waals surface area contributed by atoms with E-state index in [0.29, 0.717) is 5.92 Å². The molecule has 1 nitrogen and oxygen atoms in total. The summed E-state index contributed by atoms with van der Waals surface area (Å²) >= 11 is 0. The van der Waals surface area contributed by atoms with Gasteiger partial charge in [0, 0.05) is 6.00 Å². The van der Waals surface area contributed by atoms with E-state index in [9.17, 15) is 0 Å². The number of rotatable bonds is 2. The van der Waals surface area contributed by atoms with E-state index in [1.165, 1.54) is 5.57 Å². The van der Waals surface area contributed by atoms with E-state index in [1.54, 1.807) is 0 Å². The molecule has 1 unspecified atom stereocenters. The molecule has 78 valence electrons. The van der Waals surface area contributed by atoms with Gasteiger partial charge >= 0.3 is 0 Å². The van der Waals surface area contributed by atoms with E-state index in [-0.39, 0.29) is 17.5 Å². The quantitative estimate of drug-likeness (QED) is 0.482. The normalized spacial score (nSPS) is 34.6. The minimum atomic E-state index is -0.119. The van der Waals surface area contributed by atoms with E-state index >= 15 is 0 Å². The van der Waals surface area contributed by atoms with E-state index < -0.39 is 0 Å². The Morgan fingerprint density at radius 3 is 2.64 bits per heavy atom. The second-order valence-electron chi connectivity index (χ2n) is 5.11. The summed E-state index contributed by atoms with van der Waals surface area (Å²) in [6.45, 7) is 12.9. The van der Waals surface area contributed by atoms with Crippen molar-refractivity contribution < 1.29 is 4.74 Å². The molecule has 1 aliphatic heterocycles. The molecule has 1 rings (SSSR count). The SMILES string of the molecule is [B][C@H]1C[C@@H](C)C(=C)C(C(C)(C)CC)O1. The fraction of sp³-hybridized carbons (Fsp3) is 0.833. The molecule has 0 aromatic carbocycles. The molecule has 0 saturated carbocycles. The van der Waals surface area contributed by atoms with Crippen molar-refractivity contribution in [1.29, 1.82) is 0 Å². The number of ether oxygens (including phenoxy) is 1. The molecule has 0 aromatic rings. The van der Waals surface area contributed by atoms with Crippen LogP contribution in [0.15, 0.2) is 12.2 Å². The second kappa shape index (κ2) is 4.10. The lowest BCUT2D eigenvalue weighted by molar-refractivity contribution is -0.0518. The molecule has 3 atom stereocenters. The lowest BCUT2D eigenvalue weighted by Gasteiger charge is -2.43. The van der Waals surface area contributed by atoms with Gasteiger partial charge in [-0.2, -0.15) is 0 Å². The van der Waals surface area contributed by atoms with Crippen LogP contribution in [-0.2, 0) is 4.74 Å². The predicted molar refractivity (Wildman–Crippen MR) is 61.4 cm³/mol. The topological polar surface area (TPSA) is 9.23 Å². The third-order valence-electron chi connectivity index (χ3n) is 3.49. The van der Waals surface area contributed by atoms with Crippen LogP contribution in [0.2, 0.25) is 0 Å². The van der Waals surface area contributed by atoms with Crippen LogP contribution in [0.5, 0.6) is 0 Å². The van der Waals surface area contributed by atoms with Gasteiger partial charge in [0.15, 0.2) is 0 Å². The average molecular weight is 192 g/mol. The smallest absolute Gasteiger partial charge is 0.109 e. The summed E-state index contributed by atoms with van der Waals surface area (Å²) in [7, 11) is 5.87. The van der Waals surface area contributed by atoms with Gasteiger partial charge in [-0.3, -0.25) is 0 Å². The molecule has 1 aliphatic rings. The summed E-state index contributed by atoms with van der Waals surface area (Å²) in [5.74, 6) is 0.481. The highest BCUT2D eigenvalue weighted by molar-refractivity contribution is 6.11. The third-order valence-corrected chi connectivity index (χ3v) is 3.49. The van der Waals surface area contributed by atoms with Crippen molar-refractivity contribution in [2.75, 3.05) is 0 Å². The maximum Gasteiger partial charge on any atom is 0.109 e. The van der Waals surface area contributed by atoms with Gasteiger partial charge in [-0.1, -0.05) is 34.3 Å². The van der Waals surface area contributed by atoms with Gasteiger partial charge in [0.1, 0.15) is 7.85 Å². The maximum absolute atomic E-state index is 5.87. The molecule has 0 bridgehead atoms. The van der Waals surface area contributed by atoms with Crippen molar-refractivity contribution in [3.63, 3.8) is 0 Å². The van der Waals surface area contributed by atoms with E-state index in [2.05, 4.69) is 34.3 Å². The predicted octanol–water partition coefficient (Wildman–Crippen LogP) is 2.90. The molecule has 0 aliphatic carbocycles. The summed E-state index contributed by atoms with van der Waals surface area (Å²) in [4.78, 5) is 0. The molecule has 0 spiro atoms. The monoisotopic (exact) mass is 192 g/mol. The van der Waals surface area contributed by atoms with Crippen molar-refractivity contribution in [3.8, 4) is 0 Å². The summed E-state index contributed by atoms with van der Waals surface area (Å²) < 4.78 is 5.80. The minimum absolute atomic E-state index is 0.117. The summed E-state index contributed by atoms with van der Waals surface area (Å²) in [6.07, 6.45) is 2.09. The van der Waals surface area contributed by atoms with Crippen LogP contribution in [0, 0.1) is 11.3 Å². The van der Waals surface area contributed by atoms with Crippen LogP contribution < -0.4 is 0 Å². The highest BCUT2D eigenvalue weighted by atomic mass is 16.5. The largest absolute Gasteiger partial charge is 0.380 e. The van der Waals surface area contributed by atoms with Crippen molar-refractivity contribution in [2.45, 2.75) is 52.6 Å². The Labute approximate surface area is 89.3 Å². The van der Waals surface area contributed by atoms with Crippen LogP contribution >= 0.6 is 0 Å². The van der Waals surface area contributed by atoms with E-state index in [4.69, 9.17) is 12.6 Å². The summed E-state index contributed by atoms with van der Waals surface area (Å²) in [5.41, 5.74) is 1.35. The first-order chi connectivity index (χ1) is 6.38. The Balaban J connectivity index is 2.81. The fourth-order valence-electron chi connectivity index (χ4n) is 1.95.